The topological polar surface area (TPSA) is 44.4 Å². The first kappa shape index (κ1) is 6.91. The van der Waals surface area contributed by atoms with Crippen molar-refractivity contribution in [2.75, 3.05) is 19.6 Å². The summed E-state index contributed by atoms with van der Waals surface area (Å²) in [4.78, 5) is 13.1. The van der Waals surface area contributed by atoms with E-state index in [9.17, 15) is 4.79 Å². The average molecular weight is 155 g/mol. The predicted octanol–water partition coefficient (Wildman–Crippen LogP) is -0.628. The van der Waals surface area contributed by atoms with E-state index in [0.717, 1.165) is 19.6 Å². The van der Waals surface area contributed by atoms with E-state index in [2.05, 4.69) is 17.6 Å². The third-order valence-corrected chi connectivity index (χ3v) is 2.47. The first-order valence-corrected chi connectivity index (χ1v) is 4.07. The van der Waals surface area contributed by atoms with Gasteiger partial charge in [0.15, 0.2) is 0 Å². The molecule has 62 valence electrons. The van der Waals surface area contributed by atoms with Crippen LogP contribution in [0.5, 0.6) is 0 Å². The van der Waals surface area contributed by atoms with E-state index < -0.39 is 0 Å². The molecule has 0 aromatic carbocycles. The number of piperazine rings is 1. The highest BCUT2D eigenvalue weighted by atomic mass is 16.2. The lowest BCUT2D eigenvalue weighted by molar-refractivity contribution is 0.188. The van der Waals surface area contributed by atoms with Crippen LogP contribution in [0.3, 0.4) is 0 Å². The fourth-order valence-corrected chi connectivity index (χ4v) is 1.80. The van der Waals surface area contributed by atoms with Gasteiger partial charge in [0, 0.05) is 25.7 Å². The Balaban J connectivity index is 2.13. The number of carbonyl (C=O) groups excluding carboxylic acids is 1. The monoisotopic (exact) mass is 155 g/mol. The number of nitrogens with one attached hydrogen (secondary N) is 2. The lowest BCUT2D eigenvalue weighted by Gasteiger charge is -2.30. The minimum atomic E-state index is 0.101. The highest BCUT2D eigenvalue weighted by Crippen LogP contribution is 2.14. The van der Waals surface area contributed by atoms with Crippen LogP contribution in [0, 0.1) is 0 Å². The van der Waals surface area contributed by atoms with Gasteiger partial charge in [0.25, 0.3) is 0 Å². The molecule has 0 aliphatic carbocycles. The Labute approximate surface area is 65.9 Å². The number of fused-ring (bicyclic) bond motifs is 1. The molecule has 2 heterocycles. The SMILES string of the molecule is CC1NC(=O)N2CCNCC12. The molecule has 2 aliphatic rings. The largest absolute Gasteiger partial charge is 0.333 e. The van der Waals surface area contributed by atoms with Crippen LogP contribution in [0.4, 0.5) is 4.79 Å². The van der Waals surface area contributed by atoms with Gasteiger partial charge in [-0.2, -0.15) is 0 Å². The maximum Gasteiger partial charge on any atom is 0.318 e. The summed E-state index contributed by atoms with van der Waals surface area (Å²) in [5, 5.41) is 6.18. The molecule has 2 fully saturated rings. The molecule has 0 saturated carbocycles. The van der Waals surface area contributed by atoms with Crippen LogP contribution < -0.4 is 10.6 Å². The molecule has 2 aliphatic heterocycles. The third kappa shape index (κ3) is 0.976. The van der Waals surface area contributed by atoms with Crippen LogP contribution in [-0.2, 0) is 0 Å². The van der Waals surface area contributed by atoms with E-state index >= 15 is 0 Å². The minimum Gasteiger partial charge on any atom is -0.333 e. The van der Waals surface area contributed by atoms with Crippen molar-refractivity contribution in [2.45, 2.75) is 19.0 Å². The summed E-state index contributed by atoms with van der Waals surface area (Å²) in [5.74, 6) is 0. The van der Waals surface area contributed by atoms with E-state index in [1.165, 1.54) is 0 Å². The van der Waals surface area contributed by atoms with E-state index in [-0.39, 0.29) is 6.03 Å². The molecule has 2 atom stereocenters. The maximum absolute atomic E-state index is 11.2. The van der Waals surface area contributed by atoms with Gasteiger partial charge in [0.05, 0.1) is 6.04 Å². The van der Waals surface area contributed by atoms with Crippen LogP contribution in [0.1, 0.15) is 6.92 Å². The van der Waals surface area contributed by atoms with Crippen LogP contribution in [-0.4, -0.2) is 42.6 Å². The molecule has 4 nitrogen and oxygen atoms in total. The lowest BCUT2D eigenvalue weighted by Crippen LogP contribution is -2.51. The van der Waals surface area contributed by atoms with E-state index in [1.54, 1.807) is 0 Å². The fourth-order valence-electron chi connectivity index (χ4n) is 1.80. The standard InChI is InChI=1S/C7H13N3O/c1-5-6-4-8-2-3-10(6)7(11)9-5/h5-6,8H,2-4H2,1H3,(H,9,11). The van der Waals surface area contributed by atoms with Crippen molar-refractivity contribution in [2.24, 2.45) is 0 Å². The van der Waals surface area contributed by atoms with Gasteiger partial charge in [-0.25, -0.2) is 4.79 Å². The van der Waals surface area contributed by atoms with Crippen molar-refractivity contribution < 1.29 is 4.79 Å². The Morgan fingerprint density at radius 1 is 1.64 bits per heavy atom. The number of hydrogen-bond acceptors (Lipinski definition) is 2. The van der Waals surface area contributed by atoms with E-state index in [4.69, 9.17) is 0 Å². The first-order chi connectivity index (χ1) is 5.29. The summed E-state index contributed by atoms with van der Waals surface area (Å²) in [5.41, 5.74) is 0. The molecular formula is C7H13N3O. The van der Waals surface area contributed by atoms with Gasteiger partial charge in [-0.15, -0.1) is 0 Å². The van der Waals surface area contributed by atoms with Crippen molar-refractivity contribution in [3.63, 3.8) is 0 Å². The van der Waals surface area contributed by atoms with Gasteiger partial charge in [-0.1, -0.05) is 0 Å². The molecule has 2 rings (SSSR count). The molecule has 0 aromatic rings. The van der Waals surface area contributed by atoms with Gasteiger partial charge < -0.3 is 15.5 Å². The minimum absolute atomic E-state index is 0.101. The molecule has 2 amide bonds. The summed E-state index contributed by atoms with van der Waals surface area (Å²) in [6.45, 7) is 4.76. The molecule has 2 N–H and O–H groups in total. The number of nitrogens with zero attached hydrogens (tertiary/aromatic N) is 1. The highest BCUT2D eigenvalue weighted by molar-refractivity contribution is 5.77. The maximum atomic E-state index is 11.2. The average Bonchev–Trinajstić information content (AvgIpc) is 2.30. The van der Waals surface area contributed by atoms with Crippen LogP contribution in [0.2, 0.25) is 0 Å². The van der Waals surface area contributed by atoms with Crippen molar-refractivity contribution in [3.05, 3.63) is 0 Å². The molecular weight excluding hydrogens is 142 g/mol. The summed E-state index contributed by atoms with van der Waals surface area (Å²) in [6.07, 6.45) is 0. The summed E-state index contributed by atoms with van der Waals surface area (Å²) < 4.78 is 0. The second-order valence-corrected chi connectivity index (χ2v) is 3.20. The third-order valence-electron chi connectivity index (χ3n) is 2.47. The van der Waals surface area contributed by atoms with Crippen molar-refractivity contribution in [1.82, 2.24) is 15.5 Å². The highest BCUT2D eigenvalue weighted by Gasteiger charge is 2.37. The molecule has 4 heteroatoms. The van der Waals surface area contributed by atoms with E-state index in [0.29, 0.717) is 12.1 Å². The van der Waals surface area contributed by atoms with Crippen LogP contribution >= 0.6 is 0 Å². The number of amides is 2. The quantitative estimate of drug-likeness (QED) is 0.489. The molecule has 0 spiro atoms. The zero-order valence-corrected chi connectivity index (χ0v) is 6.63. The Kier molecular flexibility index (Phi) is 1.49. The zero-order chi connectivity index (χ0) is 7.84. The normalized spacial score (nSPS) is 36.8. The molecule has 2 unspecified atom stereocenters. The van der Waals surface area contributed by atoms with Gasteiger partial charge in [0.1, 0.15) is 0 Å². The van der Waals surface area contributed by atoms with Gasteiger partial charge in [-0.05, 0) is 6.92 Å². The smallest absolute Gasteiger partial charge is 0.318 e. The fraction of sp³-hybridized carbons (Fsp3) is 0.857. The molecule has 0 aromatic heterocycles. The lowest BCUT2D eigenvalue weighted by atomic mass is 10.1. The van der Waals surface area contributed by atoms with Gasteiger partial charge >= 0.3 is 6.03 Å². The Morgan fingerprint density at radius 2 is 2.45 bits per heavy atom. The van der Waals surface area contributed by atoms with Crippen LogP contribution in [0.15, 0.2) is 0 Å². The number of hydrogen-bond donors (Lipinski definition) is 2. The van der Waals surface area contributed by atoms with Gasteiger partial charge in [0.2, 0.25) is 0 Å². The van der Waals surface area contributed by atoms with Crippen molar-refractivity contribution in [1.29, 1.82) is 0 Å². The number of carbonyl (C=O) groups is 1. The van der Waals surface area contributed by atoms with Crippen molar-refractivity contribution >= 4 is 6.03 Å². The van der Waals surface area contributed by atoms with E-state index in [1.807, 2.05) is 4.90 Å². The Morgan fingerprint density at radius 3 is 3.18 bits per heavy atom. The number of urea groups is 1. The Hall–Kier alpha value is -0.770. The van der Waals surface area contributed by atoms with Crippen molar-refractivity contribution in [3.8, 4) is 0 Å². The summed E-state index contributed by atoms with van der Waals surface area (Å²) >= 11 is 0. The molecule has 0 radical (unpaired) electrons. The molecule has 0 bridgehead atoms. The molecule has 2 saturated heterocycles. The van der Waals surface area contributed by atoms with Crippen LogP contribution in [0.25, 0.3) is 0 Å². The van der Waals surface area contributed by atoms with Gasteiger partial charge in [-0.3, -0.25) is 0 Å². The second kappa shape index (κ2) is 2.37. The predicted molar refractivity (Wildman–Crippen MR) is 41.4 cm³/mol. The first-order valence-electron chi connectivity index (χ1n) is 4.07. The Bertz CT molecular complexity index is 183. The zero-order valence-electron chi connectivity index (χ0n) is 6.63. The second-order valence-electron chi connectivity index (χ2n) is 3.20. The summed E-state index contributed by atoms with van der Waals surface area (Å²) in [6, 6.07) is 0.774. The summed E-state index contributed by atoms with van der Waals surface area (Å²) in [7, 11) is 0. The number of rotatable bonds is 0. The molecule has 11 heavy (non-hydrogen) atoms.